The van der Waals surface area contributed by atoms with Crippen LogP contribution in [0.1, 0.15) is 46.5 Å². The summed E-state index contributed by atoms with van der Waals surface area (Å²) >= 11 is 0. The molecule has 19 heavy (non-hydrogen) atoms. The van der Waals surface area contributed by atoms with Crippen molar-refractivity contribution in [1.82, 2.24) is 13.9 Å². The highest BCUT2D eigenvalue weighted by Gasteiger charge is 2.37. The lowest BCUT2D eigenvalue weighted by atomic mass is 10.1. The van der Waals surface area contributed by atoms with Crippen molar-refractivity contribution in [2.24, 2.45) is 0 Å². The molecule has 0 aromatic carbocycles. The molecule has 1 saturated heterocycles. The van der Waals surface area contributed by atoms with E-state index in [2.05, 4.69) is 5.32 Å². The Morgan fingerprint density at radius 3 is 2.58 bits per heavy atom. The molecule has 5 nitrogen and oxygen atoms in total. The molecule has 2 atom stereocenters. The van der Waals surface area contributed by atoms with E-state index in [0.717, 1.165) is 32.2 Å². The predicted molar refractivity (Wildman–Crippen MR) is 79.3 cm³/mol. The number of nitrogens with one attached hydrogen (secondary N) is 1. The van der Waals surface area contributed by atoms with Gasteiger partial charge in [-0.3, -0.25) is 0 Å². The van der Waals surface area contributed by atoms with Gasteiger partial charge in [-0.05, 0) is 33.2 Å². The van der Waals surface area contributed by atoms with Gasteiger partial charge in [-0.1, -0.05) is 20.3 Å². The number of hydrogen-bond donors (Lipinski definition) is 1. The molecule has 0 saturated carbocycles. The van der Waals surface area contributed by atoms with Gasteiger partial charge in [-0.25, -0.2) is 0 Å². The van der Waals surface area contributed by atoms with E-state index in [1.54, 1.807) is 8.61 Å². The lowest BCUT2D eigenvalue weighted by molar-refractivity contribution is 0.218. The van der Waals surface area contributed by atoms with Crippen LogP contribution < -0.4 is 5.32 Å². The molecule has 0 amide bonds. The van der Waals surface area contributed by atoms with Gasteiger partial charge in [0.05, 0.1) is 0 Å². The van der Waals surface area contributed by atoms with Crippen LogP contribution >= 0.6 is 0 Å². The first-order valence-electron chi connectivity index (χ1n) is 7.42. The summed E-state index contributed by atoms with van der Waals surface area (Å²) in [6, 6.07) is 0.161. The fraction of sp³-hybridized carbons (Fsp3) is 1.00. The predicted octanol–water partition coefficient (Wildman–Crippen LogP) is 1.43. The maximum absolute atomic E-state index is 12.8. The molecule has 114 valence electrons. The highest BCUT2D eigenvalue weighted by Crippen LogP contribution is 2.24. The number of hydrogen-bond acceptors (Lipinski definition) is 3. The Balaban J connectivity index is 2.94. The summed E-state index contributed by atoms with van der Waals surface area (Å²) in [5.41, 5.74) is 0. The Labute approximate surface area is 118 Å². The Hall–Kier alpha value is -0.170. The van der Waals surface area contributed by atoms with Crippen molar-refractivity contribution < 1.29 is 8.42 Å². The van der Waals surface area contributed by atoms with Gasteiger partial charge in [0.25, 0.3) is 10.2 Å². The molecule has 0 aromatic rings. The van der Waals surface area contributed by atoms with Crippen LogP contribution in [0.4, 0.5) is 0 Å². The highest BCUT2D eigenvalue weighted by atomic mass is 32.2. The van der Waals surface area contributed by atoms with Crippen LogP contribution in [0.3, 0.4) is 0 Å². The first-order valence-corrected chi connectivity index (χ1v) is 8.81. The minimum absolute atomic E-state index is 0.0622. The third-order valence-corrected chi connectivity index (χ3v) is 6.28. The van der Waals surface area contributed by atoms with Crippen LogP contribution in [-0.2, 0) is 10.2 Å². The van der Waals surface area contributed by atoms with Crippen LogP contribution in [0.15, 0.2) is 0 Å². The number of piperidine rings is 1. The monoisotopic (exact) mass is 291 g/mol. The van der Waals surface area contributed by atoms with E-state index in [1.165, 1.54) is 0 Å². The standard InChI is InChI=1S/C13H29N3O2S/c1-5-12(3)15(6-2)19(17,18)16-10-8-7-9-13(16)11-14-4/h12-14H,5-11H2,1-4H3. The molecule has 0 spiro atoms. The molecule has 1 heterocycles. The zero-order chi connectivity index (χ0) is 14.5. The summed E-state index contributed by atoms with van der Waals surface area (Å²) in [5.74, 6) is 0. The van der Waals surface area contributed by atoms with Crippen LogP contribution in [-0.4, -0.2) is 55.8 Å². The minimum Gasteiger partial charge on any atom is -0.318 e. The number of rotatable bonds is 7. The normalized spacial score (nSPS) is 23.7. The van der Waals surface area contributed by atoms with Crippen molar-refractivity contribution in [3.05, 3.63) is 0 Å². The molecule has 1 fully saturated rings. The molecule has 2 unspecified atom stereocenters. The fourth-order valence-corrected chi connectivity index (χ4v) is 4.87. The lowest BCUT2D eigenvalue weighted by Crippen LogP contribution is -2.55. The van der Waals surface area contributed by atoms with Gasteiger partial charge in [0, 0.05) is 31.7 Å². The van der Waals surface area contributed by atoms with Crippen molar-refractivity contribution in [2.45, 2.75) is 58.5 Å². The van der Waals surface area contributed by atoms with Gasteiger partial charge in [0.2, 0.25) is 0 Å². The SMILES string of the molecule is CCC(C)N(CC)S(=O)(=O)N1CCCCC1CNC. The van der Waals surface area contributed by atoms with Crippen LogP contribution in [0.2, 0.25) is 0 Å². The Morgan fingerprint density at radius 1 is 1.37 bits per heavy atom. The molecule has 1 aliphatic rings. The molecule has 6 heteroatoms. The molecule has 0 radical (unpaired) electrons. The van der Waals surface area contributed by atoms with Gasteiger partial charge in [-0.15, -0.1) is 0 Å². The Bertz CT molecular complexity index is 357. The average Bonchev–Trinajstić information content (AvgIpc) is 2.39. The molecule has 0 aromatic heterocycles. The molecule has 1 rings (SSSR count). The van der Waals surface area contributed by atoms with E-state index in [0.29, 0.717) is 13.1 Å². The van der Waals surface area contributed by atoms with E-state index in [9.17, 15) is 8.42 Å². The first-order chi connectivity index (χ1) is 8.98. The zero-order valence-electron chi connectivity index (χ0n) is 12.7. The van der Waals surface area contributed by atoms with Crippen molar-refractivity contribution in [3.63, 3.8) is 0 Å². The number of nitrogens with zero attached hydrogens (tertiary/aromatic N) is 2. The van der Waals surface area contributed by atoms with Gasteiger partial charge < -0.3 is 5.32 Å². The van der Waals surface area contributed by atoms with Crippen molar-refractivity contribution in [2.75, 3.05) is 26.7 Å². The highest BCUT2D eigenvalue weighted by molar-refractivity contribution is 7.86. The topological polar surface area (TPSA) is 52.7 Å². The van der Waals surface area contributed by atoms with Crippen molar-refractivity contribution in [1.29, 1.82) is 0 Å². The van der Waals surface area contributed by atoms with E-state index >= 15 is 0 Å². The molecular weight excluding hydrogens is 262 g/mol. The number of likely N-dealkylation sites (N-methyl/N-ethyl adjacent to an activating group) is 1. The summed E-state index contributed by atoms with van der Waals surface area (Å²) in [7, 11) is -1.45. The molecule has 1 N–H and O–H groups in total. The van der Waals surface area contributed by atoms with Crippen LogP contribution in [0, 0.1) is 0 Å². The molecule has 0 bridgehead atoms. The fourth-order valence-electron chi connectivity index (χ4n) is 2.76. The molecule has 1 aliphatic heterocycles. The smallest absolute Gasteiger partial charge is 0.282 e. The third kappa shape index (κ3) is 3.90. The van der Waals surface area contributed by atoms with Crippen molar-refractivity contribution >= 4 is 10.2 Å². The Morgan fingerprint density at radius 2 is 2.05 bits per heavy atom. The van der Waals surface area contributed by atoms with Gasteiger partial charge >= 0.3 is 0 Å². The van der Waals surface area contributed by atoms with E-state index in [1.807, 2.05) is 27.8 Å². The van der Waals surface area contributed by atoms with E-state index in [4.69, 9.17) is 0 Å². The average molecular weight is 291 g/mol. The lowest BCUT2D eigenvalue weighted by Gasteiger charge is -2.39. The molecule has 0 aliphatic carbocycles. The molecular formula is C13H29N3O2S. The Kier molecular flexibility index (Phi) is 6.73. The third-order valence-electron chi connectivity index (χ3n) is 4.00. The minimum atomic E-state index is -3.33. The first kappa shape index (κ1) is 16.9. The van der Waals surface area contributed by atoms with Gasteiger partial charge in [-0.2, -0.15) is 17.0 Å². The largest absolute Gasteiger partial charge is 0.318 e. The second-order valence-electron chi connectivity index (χ2n) is 5.29. The van der Waals surface area contributed by atoms with E-state index in [-0.39, 0.29) is 12.1 Å². The zero-order valence-corrected chi connectivity index (χ0v) is 13.5. The summed E-state index contributed by atoms with van der Waals surface area (Å²) in [6.45, 7) is 7.86. The maximum atomic E-state index is 12.8. The maximum Gasteiger partial charge on any atom is 0.282 e. The quantitative estimate of drug-likeness (QED) is 0.772. The van der Waals surface area contributed by atoms with Crippen molar-refractivity contribution in [3.8, 4) is 0 Å². The summed E-state index contributed by atoms with van der Waals surface area (Å²) in [4.78, 5) is 0. The second-order valence-corrected chi connectivity index (χ2v) is 7.12. The van der Waals surface area contributed by atoms with Crippen LogP contribution in [0.5, 0.6) is 0 Å². The van der Waals surface area contributed by atoms with E-state index < -0.39 is 10.2 Å². The van der Waals surface area contributed by atoms with Gasteiger partial charge in [0.15, 0.2) is 0 Å². The second kappa shape index (κ2) is 7.57. The summed E-state index contributed by atoms with van der Waals surface area (Å²) in [6.07, 6.45) is 3.89. The van der Waals surface area contributed by atoms with Crippen LogP contribution in [0.25, 0.3) is 0 Å². The van der Waals surface area contributed by atoms with Gasteiger partial charge in [0.1, 0.15) is 0 Å². The summed E-state index contributed by atoms with van der Waals surface area (Å²) in [5, 5.41) is 3.12. The summed E-state index contributed by atoms with van der Waals surface area (Å²) < 4.78 is 29.0.